The predicted molar refractivity (Wildman–Crippen MR) is 60.4 cm³/mol. The number of anilines is 1. The zero-order chi connectivity index (χ0) is 11.5. The Bertz CT molecular complexity index is 517. The number of nitrogens with one attached hydrogen (secondary N) is 1. The van der Waals surface area contributed by atoms with E-state index in [-0.39, 0.29) is 5.91 Å². The highest BCUT2D eigenvalue weighted by atomic mass is 16.3. The summed E-state index contributed by atoms with van der Waals surface area (Å²) in [6, 6.07) is 5.36. The van der Waals surface area contributed by atoms with Gasteiger partial charge in [0.1, 0.15) is 11.6 Å². The normalized spacial score (nSPS) is 10.1. The van der Waals surface area contributed by atoms with Gasteiger partial charge in [-0.1, -0.05) is 6.07 Å². The molecule has 0 spiro atoms. The molecule has 0 radical (unpaired) electrons. The molecular weight excluding hydrogens is 204 g/mol. The number of furan rings is 1. The molecule has 0 aliphatic heterocycles. The van der Waals surface area contributed by atoms with Crippen LogP contribution in [0.15, 0.2) is 35.1 Å². The molecule has 1 N–H and O–H groups in total. The fourth-order valence-corrected chi connectivity index (χ4v) is 1.41. The maximum atomic E-state index is 11.8. The summed E-state index contributed by atoms with van der Waals surface area (Å²) in [6.45, 7) is 3.64. The number of aromatic nitrogens is 1. The largest absolute Gasteiger partial charge is 0.469 e. The van der Waals surface area contributed by atoms with E-state index in [1.807, 2.05) is 19.1 Å². The van der Waals surface area contributed by atoms with E-state index >= 15 is 0 Å². The van der Waals surface area contributed by atoms with Gasteiger partial charge in [0.05, 0.1) is 11.8 Å². The lowest BCUT2D eigenvalue weighted by molar-refractivity contribution is 0.102. The zero-order valence-electron chi connectivity index (χ0n) is 9.15. The summed E-state index contributed by atoms with van der Waals surface area (Å²) in [5.41, 5.74) is 1.46. The molecule has 0 unspecified atom stereocenters. The number of carbonyl (C=O) groups excluding carboxylic acids is 1. The maximum Gasteiger partial charge on any atom is 0.260 e. The minimum atomic E-state index is -0.201. The average Bonchev–Trinajstić information content (AvgIpc) is 2.68. The van der Waals surface area contributed by atoms with Crippen LogP contribution in [0.2, 0.25) is 0 Å². The van der Waals surface area contributed by atoms with Gasteiger partial charge in [0.15, 0.2) is 0 Å². The van der Waals surface area contributed by atoms with Crippen molar-refractivity contribution in [2.24, 2.45) is 0 Å². The van der Waals surface area contributed by atoms with Gasteiger partial charge in [0.2, 0.25) is 0 Å². The quantitative estimate of drug-likeness (QED) is 0.839. The molecule has 16 heavy (non-hydrogen) atoms. The fraction of sp³-hybridized carbons (Fsp3) is 0.167. The highest BCUT2D eigenvalue weighted by Crippen LogP contribution is 2.14. The molecule has 2 heterocycles. The predicted octanol–water partition coefficient (Wildman–Crippen LogP) is 2.54. The van der Waals surface area contributed by atoms with Crippen LogP contribution in [0.25, 0.3) is 0 Å². The van der Waals surface area contributed by atoms with Crippen LogP contribution in [0.3, 0.4) is 0 Å². The van der Waals surface area contributed by atoms with Gasteiger partial charge in [-0.3, -0.25) is 4.79 Å². The van der Waals surface area contributed by atoms with Crippen LogP contribution < -0.4 is 5.32 Å². The van der Waals surface area contributed by atoms with Crippen LogP contribution in [0.5, 0.6) is 0 Å². The van der Waals surface area contributed by atoms with Crippen LogP contribution in [-0.2, 0) is 0 Å². The van der Waals surface area contributed by atoms with Crippen molar-refractivity contribution in [2.75, 3.05) is 5.32 Å². The Labute approximate surface area is 93.3 Å². The van der Waals surface area contributed by atoms with E-state index in [4.69, 9.17) is 4.42 Å². The van der Waals surface area contributed by atoms with Gasteiger partial charge in [-0.05, 0) is 31.5 Å². The van der Waals surface area contributed by atoms with Crippen molar-refractivity contribution >= 4 is 11.7 Å². The summed E-state index contributed by atoms with van der Waals surface area (Å²) in [5, 5.41) is 2.74. The van der Waals surface area contributed by atoms with E-state index in [1.54, 1.807) is 19.2 Å². The van der Waals surface area contributed by atoms with Gasteiger partial charge in [-0.15, -0.1) is 0 Å². The van der Waals surface area contributed by atoms with Gasteiger partial charge < -0.3 is 9.73 Å². The fourth-order valence-electron chi connectivity index (χ4n) is 1.41. The van der Waals surface area contributed by atoms with Crippen molar-refractivity contribution in [3.05, 3.63) is 47.5 Å². The summed E-state index contributed by atoms with van der Waals surface area (Å²) in [4.78, 5) is 15.9. The van der Waals surface area contributed by atoms with Gasteiger partial charge in [-0.2, -0.15) is 0 Å². The zero-order valence-corrected chi connectivity index (χ0v) is 9.15. The van der Waals surface area contributed by atoms with Crippen molar-refractivity contribution in [2.45, 2.75) is 13.8 Å². The number of carbonyl (C=O) groups is 1. The minimum absolute atomic E-state index is 0.201. The topological polar surface area (TPSA) is 55.1 Å². The Balaban J connectivity index is 2.21. The minimum Gasteiger partial charge on any atom is -0.469 e. The molecule has 4 heteroatoms. The number of nitrogens with zero attached hydrogens (tertiary/aromatic N) is 1. The lowest BCUT2D eigenvalue weighted by Crippen LogP contribution is -2.13. The number of amides is 1. The molecule has 0 aliphatic carbocycles. The maximum absolute atomic E-state index is 11.8. The van der Waals surface area contributed by atoms with E-state index in [2.05, 4.69) is 10.3 Å². The number of hydrogen-bond donors (Lipinski definition) is 1. The van der Waals surface area contributed by atoms with E-state index in [0.29, 0.717) is 17.1 Å². The van der Waals surface area contributed by atoms with Crippen LogP contribution in [0.1, 0.15) is 21.7 Å². The smallest absolute Gasteiger partial charge is 0.260 e. The first-order valence-electron chi connectivity index (χ1n) is 4.95. The van der Waals surface area contributed by atoms with Gasteiger partial charge in [-0.25, -0.2) is 4.98 Å². The highest BCUT2D eigenvalue weighted by Gasteiger charge is 2.12. The summed E-state index contributed by atoms with van der Waals surface area (Å²) >= 11 is 0. The molecule has 2 aromatic heterocycles. The third-order valence-corrected chi connectivity index (χ3v) is 2.34. The van der Waals surface area contributed by atoms with Gasteiger partial charge in [0.25, 0.3) is 5.91 Å². The first-order valence-corrected chi connectivity index (χ1v) is 4.95. The third kappa shape index (κ3) is 1.95. The number of pyridine rings is 1. The van der Waals surface area contributed by atoms with E-state index in [9.17, 15) is 4.79 Å². The Hall–Kier alpha value is -2.10. The first kappa shape index (κ1) is 10.4. The molecule has 0 fully saturated rings. The summed E-state index contributed by atoms with van der Waals surface area (Å²) < 4.78 is 5.07. The van der Waals surface area contributed by atoms with Crippen molar-refractivity contribution in [3.8, 4) is 0 Å². The molecule has 0 saturated heterocycles. The Morgan fingerprint density at radius 1 is 1.38 bits per heavy atom. The van der Waals surface area contributed by atoms with E-state index in [0.717, 1.165) is 5.56 Å². The molecule has 82 valence electrons. The second-order valence-corrected chi connectivity index (χ2v) is 3.51. The highest BCUT2D eigenvalue weighted by molar-refractivity contribution is 6.04. The lowest BCUT2D eigenvalue weighted by atomic mass is 10.2. The standard InChI is InChI=1S/C12H12N2O2/c1-8-4-3-6-13-11(8)14-12(15)10-5-7-16-9(10)2/h3-7H,1-2H3,(H,13,14,15). The van der Waals surface area contributed by atoms with Crippen LogP contribution in [0, 0.1) is 13.8 Å². The van der Waals surface area contributed by atoms with E-state index in [1.165, 1.54) is 6.26 Å². The molecule has 1 amide bonds. The SMILES string of the molecule is Cc1cccnc1NC(=O)c1ccoc1C. The Morgan fingerprint density at radius 3 is 2.81 bits per heavy atom. The second-order valence-electron chi connectivity index (χ2n) is 3.51. The number of rotatable bonds is 2. The summed E-state index contributed by atoms with van der Waals surface area (Å²) in [7, 11) is 0. The molecule has 4 nitrogen and oxygen atoms in total. The molecule has 0 aliphatic rings. The third-order valence-electron chi connectivity index (χ3n) is 2.34. The Kier molecular flexibility index (Phi) is 2.72. The van der Waals surface area contributed by atoms with Crippen molar-refractivity contribution in [1.29, 1.82) is 0 Å². The average molecular weight is 216 g/mol. The molecule has 2 rings (SSSR count). The molecule has 0 atom stereocenters. The van der Waals surface area contributed by atoms with Gasteiger partial charge >= 0.3 is 0 Å². The Morgan fingerprint density at radius 2 is 2.19 bits per heavy atom. The van der Waals surface area contributed by atoms with E-state index < -0.39 is 0 Å². The second kappa shape index (κ2) is 4.18. The molecular formula is C12H12N2O2. The van der Waals surface area contributed by atoms with Crippen LogP contribution in [-0.4, -0.2) is 10.9 Å². The molecule has 2 aromatic rings. The van der Waals surface area contributed by atoms with Crippen LogP contribution in [0.4, 0.5) is 5.82 Å². The van der Waals surface area contributed by atoms with Crippen molar-refractivity contribution < 1.29 is 9.21 Å². The summed E-state index contributed by atoms with van der Waals surface area (Å²) in [6.07, 6.45) is 3.14. The molecule has 0 aromatic carbocycles. The van der Waals surface area contributed by atoms with Crippen LogP contribution >= 0.6 is 0 Å². The lowest BCUT2D eigenvalue weighted by Gasteiger charge is -2.05. The van der Waals surface area contributed by atoms with Gasteiger partial charge in [0, 0.05) is 6.20 Å². The van der Waals surface area contributed by atoms with Crippen molar-refractivity contribution in [3.63, 3.8) is 0 Å². The number of aryl methyl sites for hydroxylation is 2. The number of hydrogen-bond acceptors (Lipinski definition) is 3. The molecule has 0 bridgehead atoms. The first-order chi connectivity index (χ1) is 7.68. The molecule has 0 saturated carbocycles. The monoisotopic (exact) mass is 216 g/mol. The summed E-state index contributed by atoms with van der Waals surface area (Å²) in [5.74, 6) is 0.979. The van der Waals surface area contributed by atoms with Crippen molar-refractivity contribution in [1.82, 2.24) is 4.98 Å².